The number of ether oxygens (including phenoxy) is 1. The molecule has 1 aliphatic heterocycles. The number of benzene rings is 1. The molecule has 2 rings (SSSR count). The highest BCUT2D eigenvalue weighted by Gasteiger charge is 2.30. The van der Waals surface area contributed by atoms with E-state index < -0.39 is 12.0 Å². The van der Waals surface area contributed by atoms with Crippen LogP contribution in [0.5, 0.6) is 5.75 Å². The Morgan fingerprint density at radius 1 is 1.40 bits per heavy atom. The first kappa shape index (κ1) is 14.8. The van der Waals surface area contributed by atoms with Gasteiger partial charge in [-0.2, -0.15) is 0 Å². The van der Waals surface area contributed by atoms with Crippen LogP contribution in [0, 0.1) is 0 Å². The largest absolute Gasteiger partial charge is 0.494 e. The molecule has 1 aliphatic rings. The second-order valence-electron chi connectivity index (χ2n) is 4.85. The second-order valence-corrected chi connectivity index (χ2v) is 4.85. The minimum atomic E-state index is -0.820. The smallest absolute Gasteiger partial charge is 0.325 e. The van der Waals surface area contributed by atoms with Gasteiger partial charge in [0.25, 0.3) is 0 Å². The van der Waals surface area contributed by atoms with Gasteiger partial charge in [0.05, 0.1) is 6.61 Å². The molecule has 5 heteroatoms. The molecule has 110 valence electrons. The van der Waals surface area contributed by atoms with Crippen molar-refractivity contribution in [3.05, 3.63) is 29.8 Å². The van der Waals surface area contributed by atoms with Crippen molar-refractivity contribution in [3.63, 3.8) is 0 Å². The summed E-state index contributed by atoms with van der Waals surface area (Å²) in [5.41, 5.74) is 0.740. The Kier molecular flexibility index (Phi) is 5.38. The van der Waals surface area contributed by atoms with Gasteiger partial charge in [-0.3, -0.25) is 9.69 Å². The maximum absolute atomic E-state index is 11.8. The van der Waals surface area contributed by atoms with Gasteiger partial charge in [0.2, 0.25) is 0 Å². The molecule has 20 heavy (non-hydrogen) atoms. The van der Waals surface area contributed by atoms with Crippen LogP contribution in [0.25, 0.3) is 0 Å². The molecule has 1 saturated heterocycles. The normalized spacial score (nSPS) is 18.2. The fourth-order valence-electron chi connectivity index (χ4n) is 2.60. The van der Waals surface area contributed by atoms with Crippen LogP contribution in [0.2, 0.25) is 0 Å². The monoisotopic (exact) mass is 278 g/mol. The van der Waals surface area contributed by atoms with Crippen molar-refractivity contribution in [2.24, 2.45) is 0 Å². The molecular formula is C15H22N2O3. The molecule has 1 heterocycles. The summed E-state index contributed by atoms with van der Waals surface area (Å²) in [6.45, 7) is 5.71. The lowest BCUT2D eigenvalue weighted by Crippen LogP contribution is -2.36. The minimum Gasteiger partial charge on any atom is -0.494 e. The maximum atomic E-state index is 11.8. The van der Waals surface area contributed by atoms with Gasteiger partial charge in [-0.15, -0.1) is 0 Å². The first-order chi connectivity index (χ1) is 9.74. The molecule has 0 aromatic heterocycles. The summed E-state index contributed by atoms with van der Waals surface area (Å²) in [6, 6.07) is 6.78. The van der Waals surface area contributed by atoms with E-state index in [2.05, 4.69) is 5.32 Å². The third-order valence-electron chi connectivity index (χ3n) is 3.49. The number of nitrogens with one attached hydrogen (secondary N) is 1. The Hall–Kier alpha value is -1.59. The Morgan fingerprint density at radius 3 is 2.95 bits per heavy atom. The zero-order chi connectivity index (χ0) is 14.4. The topological polar surface area (TPSA) is 61.8 Å². The maximum Gasteiger partial charge on any atom is 0.325 e. The lowest BCUT2D eigenvalue weighted by molar-refractivity contribution is -0.143. The quantitative estimate of drug-likeness (QED) is 0.855. The SMILES string of the molecule is CCOc1ccccc1C(C(=O)O)N1CCCNCC1. The molecular weight excluding hydrogens is 256 g/mol. The first-order valence-electron chi connectivity index (χ1n) is 7.13. The average molecular weight is 278 g/mol. The molecule has 2 N–H and O–H groups in total. The lowest BCUT2D eigenvalue weighted by atomic mass is 10.0. The van der Waals surface area contributed by atoms with Crippen LogP contribution >= 0.6 is 0 Å². The molecule has 1 atom stereocenters. The summed E-state index contributed by atoms with van der Waals surface area (Å²) in [6.07, 6.45) is 0.959. The van der Waals surface area contributed by atoms with E-state index in [1.54, 1.807) is 0 Å². The molecule has 0 bridgehead atoms. The number of aliphatic carboxylic acids is 1. The van der Waals surface area contributed by atoms with Crippen LogP contribution in [0.15, 0.2) is 24.3 Å². The zero-order valence-electron chi connectivity index (χ0n) is 11.8. The molecule has 0 aliphatic carbocycles. The van der Waals surface area contributed by atoms with Gasteiger partial charge in [0, 0.05) is 25.2 Å². The lowest BCUT2D eigenvalue weighted by Gasteiger charge is -2.28. The summed E-state index contributed by atoms with van der Waals surface area (Å²) in [4.78, 5) is 13.8. The van der Waals surface area contributed by atoms with Crippen LogP contribution in [0.4, 0.5) is 0 Å². The van der Waals surface area contributed by atoms with Gasteiger partial charge in [0.1, 0.15) is 11.8 Å². The summed E-state index contributed by atoms with van der Waals surface area (Å²) in [5, 5.41) is 12.9. The molecule has 1 aromatic rings. The van der Waals surface area contributed by atoms with Gasteiger partial charge in [-0.05, 0) is 26.0 Å². The molecule has 0 spiro atoms. The van der Waals surface area contributed by atoms with E-state index >= 15 is 0 Å². The first-order valence-corrected chi connectivity index (χ1v) is 7.13. The number of para-hydroxylation sites is 1. The molecule has 1 aromatic carbocycles. The predicted molar refractivity (Wildman–Crippen MR) is 77.0 cm³/mol. The van der Waals surface area contributed by atoms with Crippen molar-refractivity contribution >= 4 is 5.97 Å². The van der Waals surface area contributed by atoms with Crippen molar-refractivity contribution in [2.45, 2.75) is 19.4 Å². The average Bonchev–Trinajstić information content (AvgIpc) is 2.70. The van der Waals surface area contributed by atoms with E-state index in [9.17, 15) is 9.90 Å². The molecule has 0 amide bonds. The second kappa shape index (κ2) is 7.26. The van der Waals surface area contributed by atoms with Gasteiger partial charge in [-0.25, -0.2) is 0 Å². The molecule has 0 saturated carbocycles. The Balaban J connectivity index is 2.30. The molecule has 5 nitrogen and oxygen atoms in total. The molecule has 0 radical (unpaired) electrons. The fourth-order valence-corrected chi connectivity index (χ4v) is 2.60. The van der Waals surface area contributed by atoms with Crippen LogP contribution in [-0.2, 0) is 4.79 Å². The van der Waals surface area contributed by atoms with Gasteiger partial charge >= 0.3 is 5.97 Å². The summed E-state index contributed by atoms with van der Waals surface area (Å²) in [5.74, 6) is -0.154. The van der Waals surface area contributed by atoms with Crippen LogP contribution in [-0.4, -0.2) is 48.8 Å². The van der Waals surface area contributed by atoms with E-state index in [0.29, 0.717) is 12.4 Å². The number of nitrogens with zero attached hydrogens (tertiary/aromatic N) is 1. The number of carboxylic acid groups (broad SMARTS) is 1. The number of hydrogen-bond donors (Lipinski definition) is 2. The Morgan fingerprint density at radius 2 is 2.20 bits per heavy atom. The van der Waals surface area contributed by atoms with Crippen molar-refractivity contribution in [1.29, 1.82) is 0 Å². The van der Waals surface area contributed by atoms with Crippen molar-refractivity contribution in [1.82, 2.24) is 10.2 Å². The number of hydrogen-bond acceptors (Lipinski definition) is 4. The predicted octanol–water partition coefficient (Wildman–Crippen LogP) is 1.51. The fraction of sp³-hybridized carbons (Fsp3) is 0.533. The number of carboxylic acids is 1. The van der Waals surface area contributed by atoms with Gasteiger partial charge in [-0.1, -0.05) is 18.2 Å². The van der Waals surface area contributed by atoms with Gasteiger partial charge in [0.15, 0.2) is 0 Å². The number of rotatable bonds is 5. The van der Waals surface area contributed by atoms with E-state index in [-0.39, 0.29) is 0 Å². The number of carbonyl (C=O) groups is 1. The van der Waals surface area contributed by atoms with E-state index in [4.69, 9.17) is 4.74 Å². The minimum absolute atomic E-state index is 0.533. The summed E-state index contributed by atoms with van der Waals surface area (Å²) >= 11 is 0. The van der Waals surface area contributed by atoms with E-state index in [1.165, 1.54) is 0 Å². The Bertz CT molecular complexity index is 442. The molecule has 1 unspecified atom stereocenters. The summed E-state index contributed by atoms with van der Waals surface area (Å²) in [7, 11) is 0. The third kappa shape index (κ3) is 3.49. The highest BCUT2D eigenvalue weighted by atomic mass is 16.5. The van der Waals surface area contributed by atoms with Crippen molar-refractivity contribution in [3.8, 4) is 5.75 Å². The highest BCUT2D eigenvalue weighted by Crippen LogP contribution is 2.30. The molecule has 1 fully saturated rings. The van der Waals surface area contributed by atoms with Crippen molar-refractivity contribution < 1.29 is 14.6 Å². The Labute approximate surface area is 119 Å². The van der Waals surface area contributed by atoms with Crippen molar-refractivity contribution in [2.75, 3.05) is 32.8 Å². The highest BCUT2D eigenvalue weighted by molar-refractivity contribution is 5.76. The van der Waals surface area contributed by atoms with Crippen LogP contribution < -0.4 is 10.1 Å². The van der Waals surface area contributed by atoms with E-state index in [0.717, 1.165) is 38.2 Å². The standard InChI is InChI=1S/C15H22N2O3/c1-2-20-13-7-4-3-6-12(13)14(15(18)19)17-10-5-8-16-9-11-17/h3-4,6-7,14,16H,2,5,8-11H2,1H3,(H,18,19). The third-order valence-corrected chi connectivity index (χ3v) is 3.49. The summed E-state index contributed by atoms with van der Waals surface area (Å²) < 4.78 is 5.58. The van der Waals surface area contributed by atoms with Crippen LogP contribution in [0.3, 0.4) is 0 Å². The van der Waals surface area contributed by atoms with Crippen LogP contribution in [0.1, 0.15) is 24.9 Å². The zero-order valence-corrected chi connectivity index (χ0v) is 11.8. The van der Waals surface area contributed by atoms with Gasteiger partial charge < -0.3 is 15.2 Å². The van der Waals surface area contributed by atoms with E-state index in [1.807, 2.05) is 36.1 Å².